The zero-order valence-electron chi connectivity index (χ0n) is 14.8. The first-order valence-electron chi connectivity index (χ1n) is 8.25. The summed E-state index contributed by atoms with van der Waals surface area (Å²) in [5, 5.41) is 23.1. The summed E-state index contributed by atoms with van der Waals surface area (Å²) < 4.78 is 5.08. The zero-order chi connectivity index (χ0) is 20.3. The molecule has 0 atom stereocenters. The molecule has 142 valence electrons. The summed E-state index contributed by atoms with van der Waals surface area (Å²) in [6, 6.07) is 12.5. The number of benzene rings is 2. The molecule has 2 N–H and O–H groups in total. The molecular formula is C20H16N2O6. The van der Waals surface area contributed by atoms with Crippen LogP contribution in [0.1, 0.15) is 22.8 Å². The van der Waals surface area contributed by atoms with Crippen molar-refractivity contribution in [2.24, 2.45) is 5.10 Å². The van der Waals surface area contributed by atoms with Crippen LogP contribution in [0.5, 0.6) is 5.75 Å². The van der Waals surface area contributed by atoms with Gasteiger partial charge in [-0.15, -0.1) is 0 Å². The quantitative estimate of drug-likeness (QED) is 0.744. The minimum atomic E-state index is -1.06. The van der Waals surface area contributed by atoms with Crippen molar-refractivity contribution in [1.29, 1.82) is 0 Å². The van der Waals surface area contributed by atoms with E-state index in [4.69, 9.17) is 14.9 Å². The summed E-state index contributed by atoms with van der Waals surface area (Å²) in [7, 11) is 0. The van der Waals surface area contributed by atoms with Gasteiger partial charge in [-0.05, 0) is 55.0 Å². The summed E-state index contributed by atoms with van der Waals surface area (Å²) in [6.45, 7) is 1.28. The highest BCUT2D eigenvalue weighted by molar-refractivity contribution is 6.32. The number of hydrogen-bond acceptors (Lipinski definition) is 5. The standard InChI is InChI=1S/C20H16N2O6/c1-12-17(10-13-2-8-16(9-3-13)28-11-18(23)24)19(25)22(21-12)15-6-4-14(5-7-15)20(26)27/h2-10H,11H2,1H3,(H,23,24)(H,26,27)/b17-10-. The number of aromatic carboxylic acids is 1. The van der Waals surface area contributed by atoms with E-state index in [2.05, 4.69) is 5.10 Å². The topological polar surface area (TPSA) is 117 Å². The second kappa shape index (κ2) is 7.75. The van der Waals surface area contributed by atoms with Gasteiger partial charge in [0.15, 0.2) is 6.61 Å². The zero-order valence-corrected chi connectivity index (χ0v) is 14.8. The maximum Gasteiger partial charge on any atom is 0.341 e. The highest BCUT2D eigenvalue weighted by Crippen LogP contribution is 2.25. The van der Waals surface area contributed by atoms with Crippen LogP contribution < -0.4 is 9.75 Å². The van der Waals surface area contributed by atoms with E-state index < -0.39 is 18.5 Å². The van der Waals surface area contributed by atoms with Gasteiger partial charge in [-0.2, -0.15) is 10.1 Å². The van der Waals surface area contributed by atoms with Gasteiger partial charge in [-0.1, -0.05) is 12.1 Å². The van der Waals surface area contributed by atoms with Gasteiger partial charge in [0.1, 0.15) is 5.75 Å². The number of nitrogens with zero attached hydrogens (tertiary/aromatic N) is 2. The summed E-state index contributed by atoms with van der Waals surface area (Å²) in [5.41, 5.74) is 2.25. The lowest BCUT2D eigenvalue weighted by Gasteiger charge is -2.11. The lowest BCUT2D eigenvalue weighted by Crippen LogP contribution is -2.21. The fraction of sp³-hybridized carbons (Fsp3) is 0.100. The Morgan fingerprint density at radius 1 is 1.07 bits per heavy atom. The van der Waals surface area contributed by atoms with E-state index in [1.165, 1.54) is 29.3 Å². The number of carbonyl (C=O) groups excluding carboxylic acids is 1. The van der Waals surface area contributed by atoms with Gasteiger partial charge in [0, 0.05) is 0 Å². The number of anilines is 1. The van der Waals surface area contributed by atoms with Crippen LogP contribution in [-0.2, 0) is 9.59 Å². The Bertz CT molecular complexity index is 990. The third kappa shape index (κ3) is 4.07. The van der Waals surface area contributed by atoms with Crippen LogP contribution in [0.15, 0.2) is 59.2 Å². The van der Waals surface area contributed by atoms with E-state index >= 15 is 0 Å². The number of ether oxygens (including phenoxy) is 1. The predicted molar refractivity (Wildman–Crippen MR) is 102 cm³/mol. The Morgan fingerprint density at radius 2 is 1.71 bits per heavy atom. The largest absolute Gasteiger partial charge is 0.482 e. The first-order valence-corrected chi connectivity index (χ1v) is 8.25. The van der Waals surface area contributed by atoms with Gasteiger partial charge in [0.25, 0.3) is 5.91 Å². The van der Waals surface area contributed by atoms with E-state index in [1.807, 2.05) is 0 Å². The second-order valence-corrected chi connectivity index (χ2v) is 5.96. The van der Waals surface area contributed by atoms with E-state index in [0.717, 1.165) is 5.56 Å². The lowest BCUT2D eigenvalue weighted by atomic mass is 10.1. The van der Waals surface area contributed by atoms with Crippen LogP contribution in [0.25, 0.3) is 6.08 Å². The van der Waals surface area contributed by atoms with Gasteiger partial charge in [-0.3, -0.25) is 4.79 Å². The molecule has 1 heterocycles. The molecular weight excluding hydrogens is 364 g/mol. The molecule has 8 nitrogen and oxygen atoms in total. The van der Waals surface area contributed by atoms with Gasteiger partial charge in [0.2, 0.25) is 0 Å². The van der Waals surface area contributed by atoms with Gasteiger partial charge >= 0.3 is 11.9 Å². The van der Waals surface area contributed by atoms with Crippen LogP contribution in [0, 0.1) is 0 Å². The average Bonchev–Trinajstić information content (AvgIpc) is 2.95. The van der Waals surface area contributed by atoms with E-state index in [1.54, 1.807) is 37.3 Å². The molecule has 0 aromatic heterocycles. The second-order valence-electron chi connectivity index (χ2n) is 5.96. The summed E-state index contributed by atoms with van der Waals surface area (Å²) in [6.07, 6.45) is 1.67. The normalized spacial score (nSPS) is 14.9. The van der Waals surface area contributed by atoms with Crippen LogP contribution in [0.4, 0.5) is 5.69 Å². The molecule has 0 saturated carbocycles. The van der Waals surface area contributed by atoms with Crippen molar-refractivity contribution < 1.29 is 29.3 Å². The van der Waals surface area contributed by atoms with Gasteiger partial charge < -0.3 is 14.9 Å². The first-order chi connectivity index (χ1) is 13.3. The van der Waals surface area contributed by atoms with Crippen molar-refractivity contribution >= 4 is 35.3 Å². The van der Waals surface area contributed by atoms with Crippen LogP contribution in [-0.4, -0.2) is 40.4 Å². The Hall–Kier alpha value is -3.94. The highest BCUT2D eigenvalue weighted by atomic mass is 16.5. The number of hydrazone groups is 1. The van der Waals surface area contributed by atoms with Crippen molar-refractivity contribution in [1.82, 2.24) is 0 Å². The molecule has 2 aromatic rings. The maximum absolute atomic E-state index is 12.7. The molecule has 0 radical (unpaired) electrons. The summed E-state index contributed by atoms with van der Waals surface area (Å²) in [4.78, 5) is 34.2. The third-order valence-electron chi connectivity index (χ3n) is 3.97. The SMILES string of the molecule is CC1=NN(c2ccc(C(=O)O)cc2)C(=O)/C1=C\c1ccc(OCC(=O)O)cc1. The average molecular weight is 380 g/mol. The Balaban J connectivity index is 1.78. The molecule has 28 heavy (non-hydrogen) atoms. The van der Waals surface area contributed by atoms with Crippen LogP contribution in [0.3, 0.4) is 0 Å². The molecule has 1 aliphatic heterocycles. The Labute approximate surface area is 160 Å². The molecule has 0 spiro atoms. The van der Waals surface area contributed by atoms with Crippen molar-refractivity contribution in [2.75, 3.05) is 11.6 Å². The summed E-state index contributed by atoms with van der Waals surface area (Å²) >= 11 is 0. The van der Waals surface area contributed by atoms with E-state index in [0.29, 0.717) is 22.7 Å². The molecule has 0 fully saturated rings. The molecule has 1 amide bonds. The van der Waals surface area contributed by atoms with Crippen LogP contribution >= 0.6 is 0 Å². The number of carboxylic acids is 2. The molecule has 8 heteroatoms. The Kier molecular flexibility index (Phi) is 5.21. The molecule has 0 aliphatic carbocycles. The first kappa shape index (κ1) is 18.8. The predicted octanol–water partition coefficient (Wildman–Crippen LogP) is 2.65. The number of carboxylic acid groups (broad SMARTS) is 2. The number of carbonyl (C=O) groups is 3. The molecule has 0 bridgehead atoms. The number of rotatable bonds is 6. The summed E-state index contributed by atoms with van der Waals surface area (Å²) in [5.74, 6) is -2.03. The third-order valence-corrected chi connectivity index (χ3v) is 3.97. The maximum atomic E-state index is 12.7. The van der Waals surface area contributed by atoms with Crippen LogP contribution in [0.2, 0.25) is 0 Å². The minimum Gasteiger partial charge on any atom is -0.482 e. The van der Waals surface area contributed by atoms with Crippen molar-refractivity contribution in [3.8, 4) is 5.75 Å². The van der Waals surface area contributed by atoms with Crippen molar-refractivity contribution in [2.45, 2.75) is 6.92 Å². The number of aliphatic carboxylic acids is 1. The molecule has 0 saturated heterocycles. The monoisotopic (exact) mass is 380 g/mol. The fourth-order valence-corrected chi connectivity index (χ4v) is 2.58. The van der Waals surface area contributed by atoms with Gasteiger partial charge in [0.05, 0.1) is 22.5 Å². The molecule has 2 aromatic carbocycles. The van der Waals surface area contributed by atoms with E-state index in [-0.39, 0.29) is 11.5 Å². The molecule has 3 rings (SSSR count). The molecule has 0 unspecified atom stereocenters. The lowest BCUT2D eigenvalue weighted by molar-refractivity contribution is -0.139. The highest BCUT2D eigenvalue weighted by Gasteiger charge is 2.28. The number of hydrogen-bond donors (Lipinski definition) is 2. The van der Waals surface area contributed by atoms with Gasteiger partial charge in [-0.25, -0.2) is 9.59 Å². The minimum absolute atomic E-state index is 0.122. The molecule has 1 aliphatic rings. The van der Waals surface area contributed by atoms with Crippen molar-refractivity contribution in [3.63, 3.8) is 0 Å². The smallest absolute Gasteiger partial charge is 0.341 e. The van der Waals surface area contributed by atoms with Crippen molar-refractivity contribution in [3.05, 3.63) is 65.2 Å². The fourth-order valence-electron chi connectivity index (χ4n) is 2.58. The Morgan fingerprint density at radius 3 is 2.29 bits per heavy atom. The number of amides is 1. The van der Waals surface area contributed by atoms with E-state index in [9.17, 15) is 14.4 Å².